The number of aromatic amines is 1. The first kappa shape index (κ1) is 14.1. The highest BCUT2D eigenvalue weighted by atomic mass is 79.9. The Balaban J connectivity index is 1.83. The minimum atomic E-state index is 0.687. The molecule has 0 spiro atoms. The highest BCUT2D eigenvalue weighted by Gasteiger charge is 2.22. The predicted molar refractivity (Wildman–Crippen MR) is 88.0 cm³/mol. The Morgan fingerprint density at radius 3 is 3.05 bits per heavy atom. The van der Waals surface area contributed by atoms with Crippen molar-refractivity contribution in [2.45, 2.75) is 32.4 Å². The predicted octanol–water partition coefficient (Wildman–Crippen LogP) is 3.50. The van der Waals surface area contributed by atoms with Gasteiger partial charge < -0.3 is 10.3 Å². The maximum atomic E-state index is 3.58. The van der Waals surface area contributed by atoms with E-state index in [1.165, 1.54) is 35.9 Å². The van der Waals surface area contributed by atoms with E-state index in [1.54, 1.807) is 0 Å². The monoisotopic (exact) mass is 335 g/mol. The van der Waals surface area contributed by atoms with Crippen molar-refractivity contribution in [2.24, 2.45) is 0 Å². The van der Waals surface area contributed by atoms with E-state index in [1.807, 2.05) is 0 Å². The SMILES string of the molecule is CCCN(Cc1c[nH]c2ccc(Br)cc12)C1CCNC1. The van der Waals surface area contributed by atoms with Crippen molar-refractivity contribution in [3.05, 3.63) is 34.4 Å². The summed E-state index contributed by atoms with van der Waals surface area (Å²) in [6.45, 7) is 6.77. The topological polar surface area (TPSA) is 31.1 Å². The van der Waals surface area contributed by atoms with Crippen molar-refractivity contribution in [2.75, 3.05) is 19.6 Å². The number of benzene rings is 1. The molecule has 108 valence electrons. The standard InChI is InChI=1S/C16H22BrN3/c1-2-7-20(14-5-6-18-10-14)11-12-9-19-16-4-3-13(17)8-15(12)16/h3-4,8-9,14,18-19H,2,5-7,10-11H2,1H3. The molecule has 1 atom stereocenters. The van der Waals surface area contributed by atoms with Gasteiger partial charge in [-0.25, -0.2) is 0 Å². The lowest BCUT2D eigenvalue weighted by molar-refractivity contribution is 0.200. The van der Waals surface area contributed by atoms with Crippen LogP contribution in [0.1, 0.15) is 25.3 Å². The highest BCUT2D eigenvalue weighted by Crippen LogP contribution is 2.25. The van der Waals surface area contributed by atoms with E-state index in [4.69, 9.17) is 0 Å². The molecule has 1 aromatic heterocycles. The number of nitrogens with zero attached hydrogens (tertiary/aromatic N) is 1. The van der Waals surface area contributed by atoms with Crippen LogP contribution < -0.4 is 5.32 Å². The molecule has 3 nitrogen and oxygen atoms in total. The van der Waals surface area contributed by atoms with E-state index >= 15 is 0 Å². The van der Waals surface area contributed by atoms with E-state index < -0.39 is 0 Å². The third kappa shape index (κ3) is 2.92. The van der Waals surface area contributed by atoms with Crippen molar-refractivity contribution >= 4 is 26.8 Å². The second kappa shape index (κ2) is 6.29. The number of H-pyrrole nitrogens is 1. The number of rotatable bonds is 5. The highest BCUT2D eigenvalue weighted by molar-refractivity contribution is 9.10. The van der Waals surface area contributed by atoms with Crippen molar-refractivity contribution < 1.29 is 0 Å². The van der Waals surface area contributed by atoms with Gasteiger partial charge in [0.2, 0.25) is 0 Å². The Labute approximate surface area is 128 Å². The second-order valence-electron chi connectivity index (χ2n) is 5.62. The van der Waals surface area contributed by atoms with Gasteiger partial charge in [0.15, 0.2) is 0 Å². The number of aromatic nitrogens is 1. The molecular formula is C16H22BrN3. The molecule has 0 bridgehead atoms. The van der Waals surface area contributed by atoms with Gasteiger partial charge in [-0.1, -0.05) is 22.9 Å². The Kier molecular flexibility index (Phi) is 4.44. The Morgan fingerprint density at radius 1 is 1.40 bits per heavy atom. The summed E-state index contributed by atoms with van der Waals surface area (Å²) in [6, 6.07) is 7.14. The smallest absolute Gasteiger partial charge is 0.0458 e. The van der Waals surface area contributed by atoms with E-state index in [0.29, 0.717) is 6.04 Å². The minimum Gasteiger partial charge on any atom is -0.361 e. The number of hydrogen-bond acceptors (Lipinski definition) is 2. The third-order valence-electron chi connectivity index (χ3n) is 4.16. The number of halogens is 1. The van der Waals surface area contributed by atoms with Crippen LogP contribution in [0.25, 0.3) is 10.9 Å². The molecule has 2 N–H and O–H groups in total. The summed E-state index contributed by atoms with van der Waals surface area (Å²) in [5.41, 5.74) is 2.63. The van der Waals surface area contributed by atoms with Gasteiger partial charge in [0.1, 0.15) is 0 Å². The van der Waals surface area contributed by atoms with Crippen LogP contribution in [0.3, 0.4) is 0 Å². The van der Waals surface area contributed by atoms with Gasteiger partial charge >= 0.3 is 0 Å². The normalized spacial score (nSPS) is 19.2. The minimum absolute atomic E-state index is 0.687. The Bertz CT molecular complexity index is 572. The van der Waals surface area contributed by atoms with Crippen LogP contribution in [0.4, 0.5) is 0 Å². The molecule has 4 heteroatoms. The van der Waals surface area contributed by atoms with Crippen molar-refractivity contribution in [3.63, 3.8) is 0 Å². The summed E-state index contributed by atoms with van der Waals surface area (Å²) < 4.78 is 1.15. The number of hydrogen-bond donors (Lipinski definition) is 2. The lowest BCUT2D eigenvalue weighted by Crippen LogP contribution is -2.36. The van der Waals surface area contributed by atoms with Gasteiger partial charge in [-0.2, -0.15) is 0 Å². The van der Waals surface area contributed by atoms with E-state index in [2.05, 4.69) is 62.5 Å². The first-order valence-corrected chi connectivity index (χ1v) is 8.27. The van der Waals surface area contributed by atoms with Gasteiger partial charge in [-0.15, -0.1) is 0 Å². The molecule has 1 saturated heterocycles. The van der Waals surface area contributed by atoms with Crippen LogP contribution in [-0.2, 0) is 6.54 Å². The zero-order chi connectivity index (χ0) is 13.9. The van der Waals surface area contributed by atoms with Gasteiger partial charge in [-0.3, -0.25) is 4.90 Å². The van der Waals surface area contributed by atoms with E-state index in [-0.39, 0.29) is 0 Å². The number of fused-ring (bicyclic) bond motifs is 1. The summed E-state index contributed by atoms with van der Waals surface area (Å²) in [6.07, 6.45) is 4.65. The summed E-state index contributed by atoms with van der Waals surface area (Å²) in [4.78, 5) is 6.02. The first-order valence-electron chi connectivity index (χ1n) is 7.48. The van der Waals surface area contributed by atoms with Crippen LogP contribution in [0.2, 0.25) is 0 Å². The lowest BCUT2D eigenvalue weighted by atomic mass is 10.1. The molecule has 2 heterocycles. The van der Waals surface area contributed by atoms with Crippen LogP contribution >= 0.6 is 15.9 Å². The molecular weight excluding hydrogens is 314 g/mol. The van der Waals surface area contributed by atoms with Gasteiger partial charge in [-0.05, 0) is 49.7 Å². The van der Waals surface area contributed by atoms with Gasteiger partial charge in [0.05, 0.1) is 0 Å². The van der Waals surface area contributed by atoms with Crippen LogP contribution in [-0.4, -0.2) is 35.6 Å². The lowest BCUT2D eigenvalue weighted by Gasteiger charge is -2.27. The molecule has 1 unspecified atom stereocenters. The van der Waals surface area contributed by atoms with Gasteiger partial charge in [0.25, 0.3) is 0 Å². The molecule has 2 aromatic rings. The van der Waals surface area contributed by atoms with Crippen LogP contribution in [0.15, 0.2) is 28.9 Å². The van der Waals surface area contributed by atoms with Crippen molar-refractivity contribution in [3.8, 4) is 0 Å². The maximum Gasteiger partial charge on any atom is 0.0458 e. The molecule has 0 radical (unpaired) electrons. The van der Waals surface area contributed by atoms with Crippen LogP contribution in [0.5, 0.6) is 0 Å². The maximum absolute atomic E-state index is 3.58. The molecule has 20 heavy (non-hydrogen) atoms. The molecule has 0 saturated carbocycles. The molecule has 1 aliphatic heterocycles. The Morgan fingerprint density at radius 2 is 2.30 bits per heavy atom. The average Bonchev–Trinajstić information content (AvgIpc) is 3.08. The van der Waals surface area contributed by atoms with Crippen molar-refractivity contribution in [1.29, 1.82) is 0 Å². The summed E-state index contributed by atoms with van der Waals surface area (Å²) in [5.74, 6) is 0. The van der Waals surface area contributed by atoms with Crippen molar-refractivity contribution in [1.82, 2.24) is 15.2 Å². The molecule has 3 rings (SSSR count). The Hall–Kier alpha value is -0.840. The fraction of sp³-hybridized carbons (Fsp3) is 0.500. The van der Waals surface area contributed by atoms with E-state index in [0.717, 1.165) is 24.1 Å². The molecule has 1 fully saturated rings. The summed E-state index contributed by atoms with van der Waals surface area (Å²) >= 11 is 3.58. The third-order valence-corrected chi connectivity index (χ3v) is 4.66. The molecule has 1 aromatic carbocycles. The van der Waals surface area contributed by atoms with Crippen LogP contribution in [0, 0.1) is 0 Å². The quantitative estimate of drug-likeness (QED) is 0.876. The molecule has 1 aliphatic rings. The average molecular weight is 336 g/mol. The fourth-order valence-corrected chi connectivity index (χ4v) is 3.49. The number of nitrogens with one attached hydrogen (secondary N) is 2. The zero-order valence-electron chi connectivity index (χ0n) is 12.0. The summed E-state index contributed by atoms with van der Waals surface area (Å²) in [7, 11) is 0. The first-order chi connectivity index (χ1) is 9.78. The van der Waals surface area contributed by atoms with Gasteiger partial charge in [0, 0.05) is 40.7 Å². The molecule has 0 aliphatic carbocycles. The summed E-state index contributed by atoms with van der Waals surface area (Å²) in [5, 5.41) is 4.82. The molecule has 0 amide bonds. The fourth-order valence-electron chi connectivity index (χ4n) is 3.13. The second-order valence-corrected chi connectivity index (χ2v) is 6.54. The van der Waals surface area contributed by atoms with E-state index in [9.17, 15) is 0 Å². The largest absolute Gasteiger partial charge is 0.361 e. The zero-order valence-corrected chi connectivity index (χ0v) is 13.5.